The van der Waals surface area contributed by atoms with Crippen LogP contribution in [0, 0.1) is 13.8 Å². The Bertz CT molecular complexity index is 1120. The number of thioether (sulfide) groups is 1. The van der Waals surface area contributed by atoms with E-state index in [1.807, 2.05) is 55.1 Å². The SMILES string of the molecule is Cc1cccc(-n2c(SCC(=O)N3CCCCC3)nc3ccccc3c2=O)c1C. The number of hydrogen-bond acceptors (Lipinski definition) is 4. The van der Waals surface area contributed by atoms with E-state index in [1.165, 1.54) is 18.2 Å². The smallest absolute Gasteiger partial charge is 0.266 e. The van der Waals surface area contributed by atoms with E-state index in [9.17, 15) is 9.59 Å². The zero-order valence-corrected chi connectivity index (χ0v) is 17.7. The van der Waals surface area contributed by atoms with Crippen LogP contribution in [0.2, 0.25) is 0 Å². The molecule has 6 heteroatoms. The van der Waals surface area contributed by atoms with Crippen LogP contribution >= 0.6 is 11.8 Å². The van der Waals surface area contributed by atoms with Crippen LogP contribution in [0.15, 0.2) is 52.4 Å². The second-order valence-corrected chi connectivity index (χ2v) is 8.44. The molecule has 2 heterocycles. The maximum Gasteiger partial charge on any atom is 0.266 e. The minimum Gasteiger partial charge on any atom is -0.342 e. The van der Waals surface area contributed by atoms with Gasteiger partial charge in [-0.3, -0.25) is 14.2 Å². The third kappa shape index (κ3) is 3.94. The van der Waals surface area contributed by atoms with Gasteiger partial charge in [0.05, 0.1) is 22.3 Å². The van der Waals surface area contributed by atoms with Crippen molar-refractivity contribution in [1.82, 2.24) is 14.5 Å². The van der Waals surface area contributed by atoms with Crippen molar-refractivity contribution < 1.29 is 4.79 Å². The summed E-state index contributed by atoms with van der Waals surface area (Å²) in [5.74, 6) is 0.403. The number of piperidine rings is 1. The summed E-state index contributed by atoms with van der Waals surface area (Å²) in [5.41, 5.74) is 3.53. The number of rotatable bonds is 4. The summed E-state index contributed by atoms with van der Waals surface area (Å²) in [6.45, 7) is 5.70. The lowest BCUT2D eigenvalue weighted by Gasteiger charge is -2.26. The Hall–Kier alpha value is -2.60. The average molecular weight is 408 g/mol. The first-order chi connectivity index (χ1) is 14.1. The van der Waals surface area contributed by atoms with Crippen molar-refractivity contribution in [3.63, 3.8) is 0 Å². The molecule has 0 aliphatic carbocycles. The molecule has 0 bridgehead atoms. The summed E-state index contributed by atoms with van der Waals surface area (Å²) in [5, 5.41) is 1.15. The number of para-hydroxylation sites is 1. The molecule has 0 spiro atoms. The Balaban J connectivity index is 1.76. The quantitative estimate of drug-likeness (QED) is 0.482. The summed E-state index contributed by atoms with van der Waals surface area (Å²) in [7, 11) is 0. The van der Waals surface area contributed by atoms with Crippen molar-refractivity contribution in [2.24, 2.45) is 0 Å². The molecule has 0 unspecified atom stereocenters. The van der Waals surface area contributed by atoms with Crippen LogP contribution in [0.25, 0.3) is 16.6 Å². The standard InChI is InChI=1S/C23H25N3O2S/c1-16-9-8-12-20(17(16)2)26-22(28)18-10-4-5-11-19(18)24-23(26)29-15-21(27)25-13-6-3-7-14-25/h4-5,8-12H,3,6-7,13-15H2,1-2H3. The van der Waals surface area contributed by atoms with Gasteiger partial charge in [0.2, 0.25) is 5.91 Å². The molecule has 4 rings (SSSR count). The first-order valence-corrected chi connectivity index (χ1v) is 11.0. The lowest BCUT2D eigenvalue weighted by molar-refractivity contribution is -0.129. The number of carbonyl (C=O) groups is 1. The summed E-state index contributed by atoms with van der Waals surface area (Å²) < 4.78 is 1.67. The van der Waals surface area contributed by atoms with Gasteiger partial charge in [-0.05, 0) is 62.4 Å². The molecule has 3 aromatic rings. The predicted molar refractivity (Wildman–Crippen MR) is 118 cm³/mol. The molecule has 1 fully saturated rings. The molecule has 1 amide bonds. The first-order valence-electron chi connectivity index (χ1n) is 10.1. The molecule has 0 radical (unpaired) electrons. The highest BCUT2D eigenvalue weighted by Gasteiger charge is 2.20. The topological polar surface area (TPSA) is 55.2 Å². The lowest BCUT2D eigenvalue weighted by Crippen LogP contribution is -2.36. The van der Waals surface area contributed by atoms with Crippen molar-refractivity contribution >= 4 is 28.6 Å². The normalized spacial score (nSPS) is 14.3. The number of hydrogen-bond donors (Lipinski definition) is 0. The van der Waals surface area contributed by atoms with Crippen molar-refractivity contribution in [2.75, 3.05) is 18.8 Å². The molecule has 5 nitrogen and oxygen atoms in total. The Kier molecular flexibility index (Phi) is 5.72. The molecule has 0 N–H and O–H groups in total. The van der Waals surface area contributed by atoms with E-state index in [1.54, 1.807) is 10.6 Å². The summed E-state index contributed by atoms with van der Waals surface area (Å²) in [4.78, 5) is 32.7. The van der Waals surface area contributed by atoms with Gasteiger partial charge in [-0.1, -0.05) is 36.0 Å². The number of nitrogens with zero attached hydrogens (tertiary/aromatic N) is 3. The van der Waals surface area contributed by atoms with E-state index in [0.29, 0.717) is 16.1 Å². The molecule has 1 aliphatic rings. The Morgan fingerprint density at radius 1 is 1.03 bits per heavy atom. The van der Waals surface area contributed by atoms with Gasteiger partial charge in [-0.2, -0.15) is 0 Å². The number of amides is 1. The van der Waals surface area contributed by atoms with Crippen LogP contribution < -0.4 is 5.56 Å². The largest absolute Gasteiger partial charge is 0.342 e. The van der Waals surface area contributed by atoms with Crippen molar-refractivity contribution in [3.05, 3.63) is 63.9 Å². The first kappa shape index (κ1) is 19.7. The molecule has 2 aromatic carbocycles. The Morgan fingerprint density at radius 3 is 2.59 bits per heavy atom. The van der Waals surface area contributed by atoms with Crippen molar-refractivity contribution in [1.29, 1.82) is 0 Å². The van der Waals surface area contributed by atoms with E-state index >= 15 is 0 Å². The summed E-state index contributed by atoms with van der Waals surface area (Å²) >= 11 is 1.35. The van der Waals surface area contributed by atoms with E-state index in [2.05, 4.69) is 0 Å². The maximum absolute atomic E-state index is 13.4. The number of aromatic nitrogens is 2. The van der Waals surface area contributed by atoms with Crippen LogP contribution in [-0.4, -0.2) is 39.2 Å². The highest BCUT2D eigenvalue weighted by atomic mass is 32.2. The van der Waals surface area contributed by atoms with Gasteiger partial charge in [0.15, 0.2) is 5.16 Å². The minimum absolute atomic E-state index is 0.0998. The Morgan fingerprint density at radius 2 is 1.79 bits per heavy atom. The molecule has 1 aliphatic heterocycles. The van der Waals surface area contributed by atoms with E-state index < -0.39 is 0 Å². The molecule has 1 aromatic heterocycles. The van der Waals surface area contributed by atoms with Gasteiger partial charge in [0.1, 0.15) is 0 Å². The van der Waals surface area contributed by atoms with Crippen LogP contribution in [0.1, 0.15) is 30.4 Å². The van der Waals surface area contributed by atoms with Gasteiger partial charge in [-0.15, -0.1) is 0 Å². The number of aryl methyl sites for hydroxylation is 1. The van der Waals surface area contributed by atoms with Crippen LogP contribution in [0.5, 0.6) is 0 Å². The average Bonchev–Trinajstić information content (AvgIpc) is 2.75. The minimum atomic E-state index is -0.0998. The number of likely N-dealkylation sites (tertiary alicyclic amines) is 1. The zero-order valence-electron chi connectivity index (χ0n) is 16.9. The van der Waals surface area contributed by atoms with E-state index in [0.717, 1.165) is 42.7 Å². The molecular weight excluding hydrogens is 382 g/mol. The molecule has 0 atom stereocenters. The zero-order chi connectivity index (χ0) is 20.4. The highest BCUT2D eigenvalue weighted by Crippen LogP contribution is 2.25. The summed E-state index contributed by atoms with van der Waals surface area (Å²) in [6, 6.07) is 13.3. The molecular formula is C23H25N3O2S. The third-order valence-corrected chi connectivity index (χ3v) is 6.52. The number of benzene rings is 2. The van der Waals surface area contributed by atoms with Crippen LogP contribution in [0.4, 0.5) is 0 Å². The fraction of sp³-hybridized carbons (Fsp3) is 0.348. The second-order valence-electron chi connectivity index (χ2n) is 7.50. The van der Waals surface area contributed by atoms with Gasteiger partial charge < -0.3 is 4.90 Å². The van der Waals surface area contributed by atoms with Gasteiger partial charge >= 0.3 is 0 Å². The van der Waals surface area contributed by atoms with E-state index in [-0.39, 0.29) is 17.2 Å². The van der Waals surface area contributed by atoms with E-state index in [4.69, 9.17) is 4.98 Å². The fourth-order valence-electron chi connectivity index (χ4n) is 3.76. The number of fused-ring (bicyclic) bond motifs is 1. The van der Waals surface area contributed by atoms with Crippen molar-refractivity contribution in [3.8, 4) is 5.69 Å². The molecule has 1 saturated heterocycles. The lowest BCUT2D eigenvalue weighted by atomic mass is 10.1. The van der Waals surface area contributed by atoms with Crippen LogP contribution in [-0.2, 0) is 4.79 Å². The van der Waals surface area contributed by atoms with Crippen LogP contribution in [0.3, 0.4) is 0 Å². The fourth-order valence-corrected chi connectivity index (χ4v) is 4.67. The Labute approximate surface area is 174 Å². The molecule has 29 heavy (non-hydrogen) atoms. The van der Waals surface area contributed by atoms with Gasteiger partial charge in [0, 0.05) is 13.1 Å². The third-order valence-electron chi connectivity index (χ3n) is 5.60. The highest BCUT2D eigenvalue weighted by molar-refractivity contribution is 7.99. The second kappa shape index (κ2) is 8.41. The van der Waals surface area contributed by atoms with Crippen molar-refractivity contribution in [2.45, 2.75) is 38.3 Å². The van der Waals surface area contributed by atoms with Gasteiger partial charge in [0.25, 0.3) is 5.56 Å². The predicted octanol–water partition coefficient (Wildman–Crippen LogP) is 4.11. The monoisotopic (exact) mass is 407 g/mol. The molecule has 0 saturated carbocycles. The van der Waals surface area contributed by atoms with Gasteiger partial charge in [-0.25, -0.2) is 4.98 Å². The number of carbonyl (C=O) groups excluding carboxylic acids is 1. The maximum atomic E-state index is 13.4. The molecule has 150 valence electrons. The summed E-state index contributed by atoms with van der Waals surface area (Å²) in [6.07, 6.45) is 3.32.